The summed E-state index contributed by atoms with van der Waals surface area (Å²) in [6.45, 7) is 2.08. The molecule has 184 valence electrons. The predicted molar refractivity (Wildman–Crippen MR) is 131 cm³/mol. The molecule has 2 aromatic carbocycles. The molecule has 2 fully saturated rings. The third-order valence-electron chi connectivity index (χ3n) is 8.26. The highest BCUT2D eigenvalue weighted by atomic mass is 16.5. The van der Waals surface area contributed by atoms with Crippen molar-refractivity contribution in [3.63, 3.8) is 0 Å². The first-order valence-electron chi connectivity index (χ1n) is 12.5. The Balaban J connectivity index is 1.22. The molecule has 2 aromatic rings. The lowest BCUT2D eigenvalue weighted by molar-refractivity contribution is -0.142. The predicted octanol–water partition coefficient (Wildman–Crippen LogP) is 4.45. The third kappa shape index (κ3) is 4.28. The fraction of sp³-hybridized carbons (Fsp3) is 0.464. The van der Waals surface area contributed by atoms with Gasteiger partial charge in [-0.05, 0) is 54.9 Å². The molecule has 2 unspecified atom stereocenters. The average Bonchev–Trinajstić information content (AvgIpc) is 3.55. The molecule has 2 saturated carbocycles. The van der Waals surface area contributed by atoms with Crippen LogP contribution in [0.3, 0.4) is 0 Å². The zero-order valence-corrected chi connectivity index (χ0v) is 20.0. The van der Waals surface area contributed by atoms with Gasteiger partial charge in [0.15, 0.2) is 0 Å². The monoisotopic (exact) mass is 476 g/mol. The summed E-state index contributed by atoms with van der Waals surface area (Å²) >= 11 is 0. The number of nitrogens with one attached hydrogen (secondary N) is 2. The first-order chi connectivity index (χ1) is 16.9. The van der Waals surface area contributed by atoms with E-state index in [1.54, 1.807) is 0 Å². The van der Waals surface area contributed by atoms with E-state index >= 15 is 0 Å². The summed E-state index contributed by atoms with van der Waals surface area (Å²) in [5.41, 5.74) is 3.84. The highest BCUT2D eigenvalue weighted by Gasteiger charge is 2.47. The minimum atomic E-state index is -0.863. The number of carboxylic acids is 1. The number of fused-ring (bicyclic) bond motifs is 3. The molecular formula is C28H32N2O5. The van der Waals surface area contributed by atoms with Crippen molar-refractivity contribution in [1.82, 2.24) is 10.6 Å². The van der Waals surface area contributed by atoms with E-state index in [1.807, 2.05) is 31.2 Å². The molecular weight excluding hydrogens is 444 g/mol. The Kier molecular flexibility index (Phi) is 6.26. The van der Waals surface area contributed by atoms with Crippen molar-refractivity contribution in [2.75, 3.05) is 6.61 Å². The van der Waals surface area contributed by atoms with Crippen molar-refractivity contribution < 1.29 is 24.2 Å². The molecule has 35 heavy (non-hydrogen) atoms. The van der Waals surface area contributed by atoms with E-state index in [9.17, 15) is 19.5 Å². The summed E-state index contributed by atoms with van der Waals surface area (Å²) in [7, 11) is 0. The van der Waals surface area contributed by atoms with E-state index in [-0.39, 0.29) is 30.5 Å². The lowest BCUT2D eigenvalue weighted by Crippen LogP contribution is -2.54. The van der Waals surface area contributed by atoms with E-state index in [0.717, 1.165) is 24.0 Å². The molecule has 0 spiro atoms. The molecule has 5 rings (SSSR count). The Labute approximate surface area is 205 Å². The molecule has 0 aromatic heterocycles. The molecule has 4 atom stereocenters. The largest absolute Gasteiger partial charge is 0.481 e. The molecule has 2 amide bonds. The molecule has 7 nitrogen and oxygen atoms in total. The number of aliphatic carboxylic acids is 1. The van der Waals surface area contributed by atoms with Gasteiger partial charge in [0, 0.05) is 18.0 Å². The Morgan fingerprint density at radius 1 is 0.943 bits per heavy atom. The number of hydrogen-bond donors (Lipinski definition) is 3. The fourth-order valence-electron chi connectivity index (χ4n) is 6.21. The van der Waals surface area contributed by atoms with Crippen molar-refractivity contribution in [1.29, 1.82) is 0 Å². The Morgan fingerprint density at radius 3 is 2.26 bits per heavy atom. The normalized spacial score (nSPS) is 27.2. The maximum absolute atomic E-state index is 13.2. The zero-order valence-electron chi connectivity index (χ0n) is 20.0. The van der Waals surface area contributed by atoms with E-state index in [4.69, 9.17) is 4.74 Å². The SMILES string of the molecule is CC1(C(=O)N[C@@H]2CCC[C@@H]2C(=O)O)CCCC1NC(=O)OCC1c2ccccc2-c2ccccc21. The van der Waals surface area contributed by atoms with Gasteiger partial charge in [0.05, 0.1) is 11.3 Å². The van der Waals surface area contributed by atoms with Gasteiger partial charge in [-0.3, -0.25) is 9.59 Å². The van der Waals surface area contributed by atoms with Crippen molar-refractivity contribution in [2.24, 2.45) is 11.3 Å². The van der Waals surface area contributed by atoms with Crippen LogP contribution in [-0.2, 0) is 14.3 Å². The van der Waals surface area contributed by atoms with Crippen molar-refractivity contribution in [3.8, 4) is 11.1 Å². The third-order valence-corrected chi connectivity index (χ3v) is 8.26. The summed E-state index contributed by atoms with van der Waals surface area (Å²) in [5.74, 6) is -1.62. The Hall–Kier alpha value is -3.35. The molecule has 7 heteroatoms. The Bertz CT molecular complexity index is 1100. The van der Waals surface area contributed by atoms with Crippen molar-refractivity contribution >= 4 is 18.0 Å². The minimum Gasteiger partial charge on any atom is -0.481 e. The van der Waals surface area contributed by atoms with Gasteiger partial charge in [-0.25, -0.2) is 4.79 Å². The molecule has 0 heterocycles. The van der Waals surface area contributed by atoms with Crippen molar-refractivity contribution in [2.45, 2.75) is 63.5 Å². The first-order valence-corrected chi connectivity index (χ1v) is 12.5. The van der Waals surface area contributed by atoms with Crippen LogP contribution in [0.5, 0.6) is 0 Å². The van der Waals surface area contributed by atoms with Gasteiger partial charge >= 0.3 is 12.1 Å². The quantitative estimate of drug-likeness (QED) is 0.571. The maximum atomic E-state index is 13.2. The standard InChI is InChI=1S/C28H32N2O5/c1-28(26(33)29-23-13-6-12-21(23)25(31)32)15-7-14-24(28)30-27(34)35-16-22-19-10-4-2-8-17(19)18-9-3-5-11-20(18)22/h2-5,8-11,21-24H,6-7,12-16H2,1H3,(H,29,33)(H,30,34)(H,31,32)/t21-,23+,24?,28?/m0/s1. The lowest BCUT2D eigenvalue weighted by atomic mass is 9.83. The van der Waals surface area contributed by atoms with Crippen LogP contribution in [0.15, 0.2) is 48.5 Å². The average molecular weight is 477 g/mol. The summed E-state index contributed by atoms with van der Waals surface area (Å²) in [4.78, 5) is 37.6. The van der Waals surface area contributed by atoms with Crippen LogP contribution >= 0.6 is 0 Å². The highest BCUT2D eigenvalue weighted by Crippen LogP contribution is 2.44. The number of alkyl carbamates (subject to hydrolysis) is 1. The summed E-state index contributed by atoms with van der Waals surface area (Å²) in [6, 6.07) is 15.7. The van der Waals surface area contributed by atoms with Gasteiger partial charge in [-0.15, -0.1) is 0 Å². The van der Waals surface area contributed by atoms with Gasteiger partial charge in [-0.2, -0.15) is 0 Å². The van der Waals surface area contributed by atoms with Crippen LogP contribution in [-0.4, -0.2) is 41.8 Å². The van der Waals surface area contributed by atoms with E-state index in [0.29, 0.717) is 25.7 Å². The smallest absolute Gasteiger partial charge is 0.407 e. The second kappa shape index (κ2) is 9.36. The lowest BCUT2D eigenvalue weighted by Gasteiger charge is -2.32. The molecule has 0 saturated heterocycles. The molecule has 3 N–H and O–H groups in total. The number of hydrogen-bond acceptors (Lipinski definition) is 4. The van der Waals surface area contributed by atoms with Crippen molar-refractivity contribution in [3.05, 3.63) is 59.7 Å². The number of benzene rings is 2. The van der Waals surface area contributed by atoms with E-state index in [2.05, 4.69) is 34.9 Å². The van der Waals surface area contributed by atoms with Crippen LogP contribution in [0.25, 0.3) is 11.1 Å². The number of amides is 2. The van der Waals surface area contributed by atoms with E-state index in [1.165, 1.54) is 11.1 Å². The maximum Gasteiger partial charge on any atom is 0.407 e. The minimum absolute atomic E-state index is 0.0262. The number of rotatable bonds is 6. The molecule has 3 aliphatic carbocycles. The summed E-state index contributed by atoms with van der Waals surface area (Å²) in [5, 5.41) is 15.4. The number of ether oxygens (including phenoxy) is 1. The summed E-state index contributed by atoms with van der Waals surface area (Å²) in [6.07, 6.45) is 3.65. The van der Waals surface area contributed by atoms with Crippen LogP contribution < -0.4 is 10.6 Å². The van der Waals surface area contributed by atoms with Crippen LogP contribution in [0.1, 0.15) is 62.5 Å². The fourth-order valence-corrected chi connectivity index (χ4v) is 6.21. The van der Waals surface area contributed by atoms with Crippen LogP contribution in [0, 0.1) is 11.3 Å². The van der Waals surface area contributed by atoms with Gasteiger partial charge in [0.25, 0.3) is 0 Å². The van der Waals surface area contributed by atoms with Crippen LogP contribution in [0.4, 0.5) is 4.79 Å². The van der Waals surface area contributed by atoms with Gasteiger partial charge < -0.3 is 20.5 Å². The van der Waals surface area contributed by atoms with Crippen LogP contribution in [0.2, 0.25) is 0 Å². The number of carbonyl (C=O) groups excluding carboxylic acids is 2. The second-order valence-corrected chi connectivity index (χ2v) is 10.3. The topological polar surface area (TPSA) is 105 Å². The van der Waals surface area contributed by atoms with Gasteiger partial charge in [0.1, 0.15) is 6.61 Å². The molecule has 0 aliphatic heterocycles. The first kappa shape index (κ1) is 23.4. The van der Waals surface area contributed by atoms with Gasteiger partial charge in [0.2, 0.25) is 5.91 Å². The number of carbonyl (C=O) groups is 3. The molecule has 3 aliphatic rings. The molecule has 0 radical (unpaired) electrons. The highest BCUT2D eigenvalue weighted by molar-refractivity contribution is 5.85. The molecule has 0 bridgehead atoms. The van der Waals surface area contributed by atoms with E-state index < -0.39 is 23.4 Å². The zero-order chi connectivity index (χ0) is 24.6. The number of carboxylic acid groups (broad SMARTS) is 1. The van der Waals surface area contributed by atoms with Gasteiger partial charge in [-0.1, -0.05) is 61.4 Å². The second-order valence-electron chi connectivity index (χ2n) is 10.3. The summed E-state index contributed by atoms with van der Waals surface area (Å²) < 4.78 is 5.70. The Morgan fingerprint density at radius 2 is 1.60 bits per heavy atom.